The van der Waals surface area contributed by atoms with Crippen LogP contribution in [0, 0.1) is 0 Å². The highest BCUT2D eigenvalue weighted by Gasteiger charge is 2.31. The summed E-state index contributed by atoms with van der Waals surface area (Å²) in [6.45, 7) is 0.626. The number of sulfone groups is 1. The number of amides is 1. The Kier molecular flexibility index (Phi) is 5.41. The van der Waals surface area contributed by atoms with Gasteiger partial charge in [0.15, 0.2) is 21.3 Å². The lowest BCUT2D eigenvalue weighted by Crippen LogP contribution is -2.30. The molecule has 1 aliphatic rings. The lowest BCUT2D eigenvalue weighted by molar-refractivity contribution is 0.0735. The summed E-state index contributed by atoms with van der Waals surface area (Å²) in [6, 6.07) is 11.8. The van der Waals surface area contributed by atoms with Gasteiger partial charge >= 0.3 is 0 Å². The summed E-state index contributed by atoms with van der Waals surface area (Å²) in [7, 11) is -0.206. The van der Waals surface area contributed by atoms with E-state index in [4.69, 9.17) is 9.47 Å². The van der Waals surface area contributed by atoms with Crippen LogP contribution in [0.2, 0.25) is 0 Å². The second kappa shape index (κ2) is 7.60. The zero-order chi connectivity index (χ0) is 19.6. The Labute approximate surface area is 159 Å². The fourth-order valence-electron chi connectivity index (χ4n) is 3.44. The molecule has 2 aromatic rings. The first-order valence-electron chi connectivity index (χ1n) is 8.68. The molecule has 0 bridgehead atoms. The molecule has 3 rings (SSSR count). The Morgan fingerprint density at radius 2 is 1.81 bits per heavy atom. The van der Waals surface area contributed by atoms with Crippen molar-refractivity contribution in [1.29, 1.82) is 0 Å². The third-order valence-electron chi connectivity index (χ3n) is 4.82. The molecule has 1 fully saturated rings. The summed E-state index contributed by atoms with van der Waals surface area (Å²) in [5, 5.41) is 0. The summed E-state index contributed by atoms with van der Waals surface area (Å²) in [6.07, 6.45) is 2.86. The van der Waals surface area contributed by atoms with Gasteiger partial charge in [-0.05, 0) is 48.7 Å². The highest BCUT2D eigenvalue weighted by atomic mass is 32.2. The van der Waals surface area contributed by atoms with Gasteiger partial charge in [-0.3, -0.25) is 4.79 Å². The molecule has 0 saturated carbocycles. The standard InChI is InChI=1S/C20H23NO5S/c1-25-18-10-9-14(13-19(18)26-2)17-8-5-11-21(17)20(22)15-6-4-7-16(12-15)27(3,23)24/h4,6-7,9-10,12-13,17H,5,8,11H2,1-3H3/t17-/m1/s1. The number of methoxy groups -OCH3 is 2. The molecular formula is C20H23NO5S. The molecule has 0 spiro atoms. The summed E-state index contributed by atoms with van der Waals surface area (Å²) in [5.74, 6) is 1.09. The Hall–Kier alpha value is -2.54. The van der Waals surface area contributed by atoms with Gasteiger partial charge in [0.25, 0.3) is 5.91 Å². The average Bonchev–Trinajstić information content (AvgIpc) is 3.16. The van der Waals surface area contributed by atoms with Gasteiger partial charge in [0, 0.05) is 18.4 Å². The second-order valence-electron chi connectivity index (χ2n) is 6.57. The van der Waals surface area contributed by atoms with Crippen molar-refractivity contribution < 1.29 is 22.7 Å². The first-order valence-corrected chi connectivity index (χ1v) is 10.6. The molecule has 0 N–H and O–H groups in total. The highest BCUT2D eigenvalue weighted by molar-refractivity contribution is 7.90. The molecule has 0 radical (unpaired) electrons. The second-order valence-corrected chi connectivity index (χ2v) is 8.59. The van der Waals surface area contributed by atoms with E-state index in [0.29, 0.717) is 23.6 Å². The predicted octanol–water partition coefficient (Wildman–Crippen LogP) is 3.08. The van der Waals surface area contributed by atoms with Crippen molar-refractivity contribution in [3.05, 3.63) is 53.6 Å². The summed E-state index contributed by atoms with van der Waals surface area (Å²) in [5.41, 5.74) is 1.35. The Balaban J connectivity index is 1.92. The Morgan fingerprint density at radius 1 is 1.07 bits per heavy atom. The van der Waals surface area contributed by atoms with E-state index in [2.05, 4.69) is 0 Å². The van der Waals surface area contributed by atoms with Crippen LogP contribution in [-0.4, -0.2) is 46.2 Å². The smallest absolute Gasteiger partial charge is 0.254 e. The number of likely N-dealkylation sites (tertiary alicyclic amines) is 1. The fraction of sp³-hybridized carbons (Fsp3) is 0.350. The number of rotatable bonds is 5. The quantitative estimate of drug-likeness (QED) is 0.786. The molecule has 1 atom stereocenters. The molecule has 2 aromatic carbocycles. The molecule has 144 valence electrons. The molecule has 7 heteroatoms. The Bertz CT molecular complexity index is 955. The molecule has 27 heavy (non-hydrogen) atoms. The van der Waals surface area contributed by atoms with Crippen molar-refractivity contribution >= 4 is 15.7 Å². The van der Waals surface area contributed by atoms with Crippen LogP contribution in [0.25, 0.3) is 0 Å². The van der Waals surface area contributed by atoms with E-state index in [1.807, 2.05) is 18.2 Å². The van der Waals surface area contributed by atoms with Gasteiger partial charge in [0.1, 0.15) is 0 Å². The molecule has 0 unspecified atom stereocenters. The number of ether oxygens (including phenoxy) is 2. The van der Waals surface area contributed by atoms with Crippen molar-refractivity contribution in [3.63, 3.8) is 0 Å². The van der Waals surface area contributed by atoms with E-state index in [-0.39, 0.29) is 16.8 Å². The zero-order valence-electron chi connectivity index (χ0n) is 15.6. The van der Waals surface area contributed by atoms with Crippen LogP contribution in [0.5, 0.6) is 11.5 Å². The average molecular weight is 389 g/mol. The number of carbonyl (C=O) groups is 1. The maximum absolute atomic E-state index is 13.1. The number of hydrogen-bond donors (Lipinski definition) is 0. The summed E-state index contributed by atoms with van der Waals surface area (Å²) >= 11 is 0. The molecule has 0 aromatic heterocycles. The summed E-state index contributed by atoms with van der Waals surface area (Å²) < 4.78 is 34.2. The topological polar surface area (TPSA) is 72.9 Å². The molecular weight excluding hydrogens is 366 g/mol. The first kappa shape index (κ1) is 19.2. The van der Waals surface area contributed by atoms with Gasteiger partial charge in [-0.25, -0.2) is 8.42 Å². The minimum Gasteiger partial charge on any atom is -0.493 e. The third kappa shape index (κ3) is 3.93. The van der Waals surface area contributed by atoms with Gasteiger partial charge < -0.3 is 14.4 Å². The zero-order valence-corrected chi connectivity index (χ0v) is 16.5. The maximum atomic E-state index is 13.1. The van der Waals surface area contributed by atoms with Crippen molar-refractivity contribution in [1.82, 2.24) is 4.90 Å². The monoisotopic (exact) mass is 389 g/mol. The minimum atomic E-state index is -3.37. The van der Waals surface area contributed by atoms with E-state index in [1.54, 1.807) is 31.3 Å². The van der Waals surface area contributed by atoms with Crippen molar-refractivity contribution in [3.8, 4) is 11.5 Å². The van der Waals surface area contributed by atoms with Crippen molar-refractivity contribution in [2.75, 3.05) is 27.0 Å². The fourth-order valence-corrected chi connectivity index (χ4v) is 4.11. The van der Waals surface area contributed by atoms with Crippen LogP contribution >= 0.6 is 0 Å². The van der Waals surface area contributed by atoms with Crippen LogP contribution in [0.15, 0.2) is 47.4 Å². The van der Waals surface area contributed by atoms with Crippen molar-refractivity contribution in [2.45, 2.75) is 23.8 Å². The number of nitrogens with zero attached hydrogens (tertiary/aromatic N) is 1. The van der Waals surface area contributed by atoms with E-state index in [9.17, 15) is 13.2 Å². The van der Waals surface area contributed by atoms with Gasteiger partial charge in [0.2, 0.25) is 0 Å². The normalized spacial score (nSPS) is 17.0. The third-order valence-corrected chi connectivity index (χ3v) is 5.93. The minimum absolute atomic E-state index is 0.0841. The number of benzene rings is 2. The molecule has 1 aliphatic heterocycles. The lowest BCUT2D eigenvalue weighted by Gasteiger charge is -2.26. The molecule has 1 amide bonds. The number of carbonyl (C=O) groups excluding carboxylic acids is 1. The molecule has 1 saturated heterocycles. The lowest BCUT2D eigenvalue weighted by atomic mass is 10.0. The predicted molar refractivity (Wildman–Crippen MR) is 102 cm³/mol. The molecule has 1 heterocycles. The van der Waals surface area contributed by atoms with Crippen LogP contribution in [0.3, 0.4) is 0 Å². The van der Waals surface area contributed by atoms with Gasteiger partial charge in [0.05, 0.1) is 25.2 Å². The van der Waals surface area contributed by atoms with Crippen LogP contribution in [-0.2, 0) is 9.84 Å². The Morgan fingerprint density at radius 3 is 2.48 bits per heavy atom. The largest absolute Gasteiger partial charge is 0.493 e. The van der Waals surface area contributed by atoms with Crippen LogP contribution in [0.4, 0.5) is 0 Å². The van der Waals surface area contributed by atoms with E-state index in [0.717, 1.165) is 24.7 Å². The van der Waals surface area contributed by atoms with Gasteiger partial charge in [-0.1, -0.05) is 12.1 Å². The number of hydrogen-bond acceptors (Lipinski definition) is 5. The highest BCUT2D eigenvalue weighted by Crippen LogP contribution is 2.37. The van der Waals surface area contributed by atoms with Gasteiger partial charge in [-0.2, -0.15) is 0 Å². The van der Waals surface area contributed by atoms with E-state index >= 15 is 0 Å². The van der Waals surface area contributed by atoms with Gasteiger partial charge in [-0.15, -0.1) is 0 Å². The first-order chi connectivity index (χ1) is 12.8. The van der Waals surface area contributed by atoms with Crippen LogP contribution in [0.1, 0.15) is 34.8 Å². The maximum Gasteiger partial charge on any atom is 0.254 e. The molecule has 0 aliphatic carbocycles. The van der Waals surface area contributed by atoms with Crippen molar-refractivity contribution in [2.24, 2.45) is 0 Å². The summed E-state index contributed by atoms with van der Waals surface area (Å²) in [4.78, 5) is 15.0. The van der Waals surface area contributed by atoms with Crippen LogP contribution < -0.4 is 9.47 Å². The SMILES string of the molecule is COc1ccc([C@H]2CCCN2C(=O)c2cccc(S(C)(=O)=O)c2)cc1OC. The molecule has 6 nitrogen and oxygen atoms in total. The van der Waals surface area contributed by atoms with E-state index in [1.165, 1.54) is 12.1 Å². The van der Waals surface area contributed by atoms with E-state index < -0.39 is 9.84 Å².